The largest absolute Gasteiger partial charge is 0.379 e. The lowest BCUT2D eigenvalue weighted by molar-refractivity contribution is 0.0328. The van der Waals surface area contributed by atoms with Crippen molar-refractivity contribution in [2.75, 3.05) is 6.61 Å². The van der Waals surface area contributed by atoms with E-state index in [0.717, 1.165) is 48.3 Å². The number of hydrogen-bond donors (Lipinski definition) is 0. The molecular formula is C33H45FO. The van der Waals surface area contributed by atoms with E-state index in [1.165, 1.54) is 75.3 Å². The number of ether oxygens (including phenoxy) is 1. The fourth-order valence-corrected chi connectivity index (χ4v) is 7.43. The van der Waals surface area contributed by atoms with Gasteiger partial charge in [0, 0.05) is 12.2 Å². The van der Waals surface area contributed by atoms with Gasteiger partial charge >= 0.3 is 0 Å². The van der Waals surface area contributed by atoms with E-state index in [0.29, 0.717) is 17.9 Å². The maximum Gasteiger partial charge on any atom is 0.131 e. The Balaban J connectivity index is 1.17. The van der Waals surface area contributed by atoms with Gasteiger partial charge in [0.15, 0.2) is 0 Å². The third-order valence-electron chi connectivity index (χ3n) is 9.73. The molecule has 0 aromatic heterocycles. The van der Waals surface area contributed by atoms with Crippen LogP contribution in [0.2, 0.25) is 0 Å². The van der Waals surface area contributed by atoms with Gasteiger partial charge in [-0.2, -0.15) is 0 Å². The molecule has 3 aliphatic carbocycles. The molecule has 0 saturated heterocycles. The van der Waals surface area contributed by atoms with E-state index in [4.69, 9.17) is 4.74 Å². The number of halogens is 1. The van der Waals surface area contributed by atoms with Crippen LogP contribution in [-0.2, 0) is 4.74 Å². The van der Waals surface area contributed by atoms with Gasteiger partial charge in [0.25, 0.3) is 0 Å². The van der Waals surface area contributed by atoms with Gasteiger partial charge in [-0.25, -0.2) is 4.39 Å². The number of benzene rings is 2. The van der Waals surface area contributed by atoms with Crippen molar-refractivity contribution in [2.24, 2.45) is 17.8 Å². The first kappa shape index (κ1) is 25.0. The molecule has 3 aliphatic rings. The normalized spacial score (nSPS) is 31.9. The zero-order valence-electron chi connectivity index (χ0n) is 22.0. The predicted molar refractivity (Wildman–Crippen MR) is 144 cm³/mol. The molecule has 3 fully saturated rings. The topological polar surface area (TPSA) is 9.23 Å². The minimum Gasteiger partial charge on any atom is -0.379 e. The first-order chi connectivity index (χ1) is 17.1. The van der Waals surface area contributed by atoms with E-state index >= 15 is 4.39 Å². The first-order valence-corrected chi connectivity index (χ1v) is 14.6. The highest BCUT2D eigenvalue weighted by Gasteiger charge is 2.30. The summed E-state index contributed by atoms with van der Waals surface area (Å²) in [7, 11) is 0. The SMILES string of the molecule is CCOC1CCC(c2ccc(-c3ccc(C4CCC(C5CCC(C)CC5)CC4)cc3F)cc2)CC1. The van der Waals surface area contributed by atoms with Crippen LogP contribution in [0.4, 0.5) is 4.39 Å². The van der Waals surface area contributed by atoms with E-state index in [1.807, 2.05) is 12.1 Å². The lowest BCUT2D eigenvalue weighted by Crippen LogP contribution is -2.24. The standard InChI is InChI=1S/C33H45FO/c1-3-35-31-19-16-27(17-20-31)26-12-14-29(15-13-26)32-21-18-30(22-33(32)34)28-10-8-25(9-11-28)24-6-4-23(2)5-7-24/h12-15,18,21-25,27-28,31H,3-11,16-17,19-20H2,1-2H3. The minimum absolute atomic E-state index is 0.0594. The van der Waals surface area contributed by atoms with Crippen molar-refractivity contribution < 1.29 is 9.13 Å². The Bertz CT molecular complexity index is 926. The van der Waals surface area contributed by atoms with Crippen LogP contribution in [0, 0.1) is 23.6 Å². The summed E-state index contributed by atoms with van der Waals surface area (Å²) in [5.74, 6) is 3.88. The Morgan fingerprint density at radius 2 is 1.23 bits per heavy atom. The second-order valence-electron chi connectivity index (χ2n) is 11.9. The summed E-state index contributed by atoms with van der Waals surface area (Å²) in [6.45, 7) is 5.31. The van der Waals surface area contributed by atoms with E-state index in [2.05, 4.69) is 44.2 Å². The van der Waals surface area contributed by atoms with Gasteiger partial charge in [0.2, 0.25) is 0 Å². The molecule has 35 heavy (non-hydrogen) atoms. The fourth-order valence-electron chi connectivity index (χ4n) is 7.43. The molecule has 3 saturated carbocycles. The molecule has 0 spiro atoms. The lowest BCUT2D eigenvalue weighted by atomic mass is 9.68. The van der Waals surface area contributed by atoms with Gasteiger partial charge in [-0.15, -0.1) is 0 Å². The van der Waals surface area contributed by atoms with Crippen LogP contribution in [0.3, 0.4) is 0 Å². The molecule has 2 aromatic carbocycles. The summed E-state index contributed by atoms with van der Waals surface area (Å²) >= 11 is 0. The fraction of sp³-hybridized carbons (Fsp3) is 0.636. The van der Waals surface area contributed by atoms with E-state index < -0.39 is 0 Å². The van der Waals surface area contributed by atoms with Crippen molar-refractivity contribution in [3.8, 4) is 11.1 Å². The third-order valence-corrected chi connectivity index (χ3v) is 9.73. The Kier molecular flexibility index (Phi) is 8.28. The lowest BCUT2D eigenvalue weighted by Gasteiger charge is -2.37. The maximum atomic E-state index is 15.3. The Morgan fingerprint density at radius 1 is 0.686 bits per heavy atom. The molecule has 0 bridgehead atoms. The molecule has 0 atom stereocenters. The first-order valence-electron chi connectivity index (χ1n) is 14.6. The molecule has 2 aromatic rings. The summed E-state index contributed by atoms with van der Waals surface area (Å²) in [6, 6.07) is 14.8. The van der Waals surface area contributed by atoms with Crippen molar-refractivity contribution in [2.45, 2.75) is 109 Å². The van der Waals surface area contributed by atoms with Gasteiger partial charge in [0.1, 0.15) is 5.82 Å². The van der Waals surface area contributed by atoms with Crippen molar-refractivity contribution in [1.29, 1.82) is 0 Å². The monoisotopic (exact) mass is 476 g/mol. The van der Waals surface area contributed by atoms with Crippen LogP contribution < -0.4 is 0 Å². The van der Waals surface area contributed by atoms with Crippen LogP contribution in [0.25, 0.3) is 11.1 Å². The second kappa shape index (κ2) is 11.6. The van der Waals surface area contributed by atoms with Gasteiger partial charge in [-0.05, 0) is 123 Å². The van der Waals surface area contributed by atoms with Crippen LogP contribution in [0.5, 0.6) is 0 Å². The average Bonchev–Trinajstić information content (AvgIpc) is 2.90. The van der Waals surface area contributed by atoms with Crippen molar-refractivity contribution in [3.05, 3.63) is 59.4 Å². The van der Waals surface area contributed by atoms with Crippen molar-refractivity contribution >= 4 is 0 Å². The molecule has 0 amide bonds. The molecule has 0 N–H and O–H groups in total. The number of hydrogen-bond acceptors (Lipinski definition) is 1. The quantitative estimate of drug-likeness (QED) is 0.403. The van der Waals surface area contributed by atoms with Gasteiger partial charge in [-0.1, -0.05) is 56.2 Å². The summed E-state index contributed by atoms with van der Waals surface area (Å²) in [6.07, 6.45) is 16.0. The zero-order valence-corrected chi connectivity index (χ0v) is 22.0. The van der Waals surface area contributed by atoms with Crippen LogP contribution >= 0.6 is 0 Å². The molecular weight excluding hydrogens is 431 g/mol. The maximum absolute atomic E-state index is 15.3. The highest BCUT2D eigenvalue weighted by Crippen LogP contribution is 2.44. The molecule has 190 valence electrons. The van der Waals surface area contributed by atoms with Gasteiger partial charge in [-0.3, -0.25) is 0 Å². The third kappa shape index (κ3) is 6.01. The Morgan fingerprint density at radius 3 is 1.83 bits per heavy atom. The molecule has 0 aliphatic heterocycles. The van der Waals surface area contributed by atoms with Crippen molar-refractivity contribution in [3.63, 3.8) is 0 Å². The molecule has 1 nitrogen and oxygen atoms in total. The Hall–Kier alpha value is -1.67. The minimum atomic E-state index is -0.0594. The summed E-state index contributed by atoms with van der Waals surface area (Å²) in [5.41, 5.74) is 4.34. The average molecular weight is 477 g/mol. The molecule has 5 rings (SSSR count). The highest BCUT2D eigenvalue weighted by molar-refractivity contribution is 5.65. The number of rotatable bonds is 6. The Labute approximate surface area is 212 Å². The van der Waals surface area contributed by atoms with E-state index in [9.17, 15) is 0 Å². The van der Waals surface area contributed by atoms with Gasteiger partial charge in [0.05, 0.1) is 6.10 Å². The molecule has 0 radical (unpaired) electrons. The van der Waals surface area contributed by atoms with E-state index in [-0.39, 0.29) is 5.82 Å². The smallest absolute Gasteiger partial charge is 0.131 e. The van der Waals surface area contributed by atoms with Crippen LogP contribution in [0.15, 0.2) is 42.5 Å². The second-order valence-corrected chi connectivity index (χ2v) is 11.9. The van der Waals surface area contributed by atoms with Crippen LogP contribution in [0.1, 0.15) is 114 Å². The zero-order chi connectivity index (χ0) is 24.2. The van der Waals surface area contributed by atoms with E-state index in [1.54, 1.807) is 0 Å². The molecule has 0 unspecified atom stereocenters. The molecule has 2 heteroatoms. The summed E-state index contributed by atoms with van der Waals surface area (Å²) < 4.78 is 21.1. The predicted octanol–water partition coefficient (Wildman–Crippen LogP) is 9.66. The summed E-state index contributed by atoms with van der Waals surface area (Å²) in [4.78, 5) is 0. The van der Waals surface area contributed by atoms with Crippen LogP contribution in [-0.4, -0.2) is 12.7 Å². The van der Waals surface area contributed by atoms with Crippen molar-refractivity contribution in [1.82, 2.24) is 0 Å². The molecule has 0 heterocycles. The van der Waals surface area contributed by atoms with Gasteiger partial charge < -0.3 is 4.74 Å². The summed E-state index contributed by atoms with van der Waals surface area (Å²) in [5, 5.41) is 0. The highest BCUT2D eigenvalue weighted by atomic mass is 19.1.